The van der Waals surface area contributed by atoms with Crippen molar-refractivity contribution in [1.29, 1.82) is 0 Å². The van der Waals surface area contributed by atoms with Gasteiger partial charge in [-0.15, -0.1) is 0 Å². The smallest absolute Gasteiger partial charge is 0.288 e. The standard InChI is InChI=1S/C18H29N3O2/c1-19-17(22)16-12-20-18(23-16)15-8-10-21(11-9-15)13-14-6-4-2-3-5-7-14/h12,14-15H,2-11,13H2,1H3,(H,19,22). The van der Waals surface area contributed by atoms with Gasteiger partial charge in [0.2, 0.25) is 5.76 Å². The van der Waals surface area contributed by atoms with Crippen LogP contribution in [0.4, 0.5) is 0 Å². The Labute approximate surface area is 138 Å². The van der Waals surface area contributed by atoms with Gasteiger partial charge >= 0.3 is 0 Å². The predicted octanol–water partition coefficient (Wildman–Crippen LogP) is 3.18. The summed E-state index contributed by atoms with van der Waals surface area (Å²) in [6.45, 7) is 3.51. The Kier molecular flexibility index (Phi) is 5.70. The van der Waals surface area contributed by atoms with Gasteiger partial charge in [-0.05, 0) is 44.7 Å². The molecular formula is C18H29N3O2. The first kappa shape index (κ1) is 16.5. The fourth-order valence-corrected chi connectivity index (χ4v) is 3.98. The van der Waals surface area contributed by atoms with Crippen molar-refractivity contribution in [3.63, 3.8) is 0 Å². The fraction of sp³-hybridized carbons (Fsp3) is 0.778. The van der Waals surface area contributed by atoms with Crippen molar-refractivity contribution >= 4 is 5.91 Å². The van der Waals surface area contributed by atoms with E-state index >= 15 is 0 Å². The number of hydrogen-bond acceptors (Lipinski definition) is 4. The molecule has 2 heterocycles. The van der Waals surface area contributed by atoms with E-state index < -0.39 is 0 Å². The molecule has 1 amide bonds. The summed E-state index contributed by atoms with van der Waals surface area (Å²) in [7, 11) is 1.61. The Balaban J connectivity index is 1.48. The number of likely N-dealkylation sites (tertiary alicyclic amines) is 1. The first-order chi connectivity index (χ1) is 11.3. The largest absolute Gasteiger partial charge is 0.435 e. The molecule has 23 heavy (non-hydrogen) atoms. The zero-order chi connectivity index (χ0) is 16.1. The average Bonchev–Trinajstić information content (AvgIpc) is 2.94. The Hall–Kier alpha value is -1.36. The summed E-state index contributed by atoms with van der Waals surface area (Å²) in [5.74, 6) is 2.12. The minimum absolute atomic E-state index is 0.199. The maximum Gasteiger partial charge on any atom is 0.288 e. The predicted molar refractivity (Wildman–Crippen MR) is 89.5 cm³/mol. The van der Waals surface area contributed by atoms with Gasteiger partial charge < -0.3 is 14.6 Å². The van der Waals surface area contributed by atoms with Crippen LogP contribution in [0.15, 0.2) is 10.6 Å². The van der Waals surface area contributed by atoms with Gasteiger partial charge in [-0.1, -0.05) is 25.7 Å². The van der Waals surface area contributed by atoms with Crippen LogP contribution in [-0.4, -0.2) is 42.5 Å². The molecule has 2 fully saturated rings. The number of hydrogen-bond donors (Lipinski definition) is 1. The first-order valence-corrected chi connectivity index (χ1v) is 9.16. The Morgan fingerprint density at radius 2 is 1.91 bits per heavy atom. The molecule has 0 radical (unpaired) electrons. The Morgan fingerprint density at radius 1 is 1.22 bits per heavy atom. The number of nitrogens with one attached hydrogen (secondary N) is 1. The topological polar surface area (TPSA) is 58.4 Å². The summed E-state index contributed by atoms with van der Waals surface area (Å²) >= 11 is 0. The lowest BCUT2D eigenvalue weighted by Gasteiger charge is -2.33. The first-order valence-electron chi connectivity index (χ1n) is 9.16. The molecule has 1 saturated heterocycles. The summed E-state index contributed by atoms with van der Waals surface area (Å²) in [6, 6.07) is 0. The van der Waals surface area contributed by atoms with E-state index in [-0.39, 0.29) is 5.91 Å². The van der Waals surface area contributed by atoms with Crippen LogP contribution in [0, 0.1) is 5.92 Å². The van der Waals surface area contributed by atoms with E-state index in [1.807, 2.05) is 0 Å². The quantitative estimate of drug-likeness (QED) is 0.866. The summed E-state index contributed by atoms with van der Waals surface area (Å²) in [6.07, 6.45) is 12.2. The molecule has 0 aromatic carbocycles. The molecule has 5 heteroatoms. The highest BCUT2D eigenvalue weighted by atomic mass is 16.4. The summed E-state index contributed by atoms with van der Waals surface area (Å²) in [5, 5.41) is 2.57. The van der Waals surface area contributed by atoms with E-state index in [0.717, 1.165) is 37.7 Å². The van der Waals surface area contributed by atoms with Crippen LogP contribution in [0.2, 0.25) is 0 Å². The summed E-state index contributed by atoms with van der Waals surface area (Å²) < 4.78 is 5.64. The number of nitrogens with zero attached hydrogens (tertiary/aromatic N) is 2. The van der Waals surface area contributed by atoms with Crippen LogP contribution in [0.5, 0.6) is 0 Å². The molecule has 128 valence electrons. The van der Waals surface area contributed by atoms with Crippen LogP contribution in [0.25, 0.3) is 0 Å². The molecule has 1 aliphatic heterocycles. The van der Waals surface area contributed by atoms with E-state index in [4.69, 9.17) is 4.42 Å². The van der Waals surface area contributed by atoms with Crippen molar-refractivity contribution in [3.05, 3.63) is 17.8 Å². The van der Waals surface area contributed by atoms with E-state index in [9.17, 15) is 4.79 Å². The second-order valence-electron chi connectivity index (χ2n) is 7.07. The van der Waals surface area contributed by atoms with Crippen LogP contribution in [0.1, 0.15) is 73.7 Å². The van der Waals surface area contributed by atoms with E-state index in [1.165, 1.54) is 45.1 Å². The van der Waals surface area contributed by atoms with Gasteiger partial charge in [0.05, 0.1) is 6.20 Å². The van der Waals surface area contributed by atoms with E-state index in [0.29, 0.717) is 11.7 Å². The van der Waals surface area contributed by atoms with Crippen LogP contribution in [0.3, 0.4) is 0 Å². The lowest BCUT2D eigenvalue weighted by atomic mass is 9.94. The molecule has 1 saturated carbocycles. The minimum atomic E-state index is -0.199. The van der Waals surface area contributed by atoms with Gasteiger partial charge in [0.1, 0.15) is 0 Å². The third-order valence-electron chi connectivity index (χ3n) is 5.40. The maximum atomic E-state index is 11.6. The molecular weight excluding hydrogens is 290 g/mol. The molecule has 0 unspecified atom stereocenters. The number of piperidine rings is 1. The zero-order valence-corrected chi connectivity index (χ0v) is 14.2. The molecule has 5 nitrogen and oxygen atoms in total. The molecule has 3 rings (SSSR count). The highest BCUT2D eigenvalue weighted by molar-refractivity contribution is 5.90. The van der Waals surface area contributed by atoms with Gasteiger partial charge in [-0.25, -0.2) is 4.98 Å². The van der Waals surface area contributed by atoms with Crippen molar-refractivity contribution in [2.45, 2.75) is 57.3 Å². The second-order valence-corrected chi connectivity index (χ2v) is 7.07. The van der Waals surface area contributed by atoms with Gasteiger partial charge in [-0.3, -0.25) is 4.79 Å². The number of carbonyl (C=O) groups is 1. The highest BCUT2D eigenvalue weighted by Gasteiger charge is 2.26. The Morgan fingerprint density at radius 3 is 2.57 bits per heavy atom. The van der Waals surface area contributed by atoms with Gasteiger partial charge in [0.25, 0.3) is 5.91 Å². The summed E-state index contributed by atoms with van der Waals surface area (Å²) in [4.78, 5) is 18.5. The number of aromatic nitrogens is 1. The van der Waals surface area contributed by atoms with Crippen LogP contribution >= 0.6 is 0 Å². The van der Waals surface area contributed by atoms with Crippen molar-refractivity contribution in [2.24, 2.45) is 5.92 Å². The monoisotopic (exact) mass is 319 g/mol. The molecule has 0 atom stereocenters. The van der Waals surface area contributed by atoms with E-state index in [2.05, 4.69) is 15.2 Å². The van der Waals surface area contributed by atoms with Crippen LogP contribution < -0.4 is 5.32 Å². The SMILES string of the molecule is CNC(=O)c1cnc(C2CCN(CC3CCCCCC3)CC2)o1. The van der Waals surface area contributed by atoms with Gasteiger partial charge in [-0.2, -0.15) is 0 Å². The molecule has 0 bridgehead atoms. The van der Waals surface area contributed by atoms with Crippen LogP contribution in [-0.2, 0) is 0 Å². The third kappa shape index (κ3) is 4.34. The number of rotatable bonds is 4. The molecule has 1 aromatic heterocycles. The fourth-order valence-electron chi connectivity index (χ4n) is 3.98. The van der Waals surface area contributed by atoms with Crippen molar-refractivity contribution in [1.82, 2.24) is 15.2 Å². The van der Waals surface area contributed by atoms with Gasteiger partial charge in [0, 0.05) is 19.5 Å². The van der Waals surface area contributed by atoms with Crippen molar-refractivity contribution in [2.75, 3.05) is 26.7 Å². The normalized spacial score (nSPS) is 22.0. The average molecular weight is 319 g/mol. The number of oxazole rings is 1. The number of carbonyl (C=O) groups excluding carboxylic acids is 1. The lowest BCUT2D eigenvalue weighted by molar-refractivity contribution is 0.0931. The molecule has 1 N–H and O–H groups in total. The number of amides is 1. The third-order valence-corrected chi connectivity index (χ3v) is 5.40. The molecule has 0 spiro atoms. The van der Waals surface area contributed by atoms with E-state index in [1.54, 1.807) is 13.2 Å². The molecule has 1 aliphatic carbocycles. The molecule has 2 aliphatic rings. The minimum Gasteiger partial charge on any atom is -0.435 e. The summed E-state index contributed by atoms with van der Waals surface area (Å²) in [5.41, 5.74) is 0. The Bertz CT molecular complexity index is 498. The van der Waals surface area contributed by atoms with Crippen molar-refractivity contribution < 1.29 is 9.21 Å². The lowest BCUT2D eigenvalue weighted by Crippen LogP contribution is -2.36. The zero-order valence-electron chi connectivity index (χ0n) is 14.2. The highest BCUT2D eigenvalue weighted by Crippen LogP contribution is 2.30. The van der Waals surface area contributed by atoms with Crippen molar-refractivity contribution in [3.8, 4) is 0 Å². The molecule has 1 aromatic rings. The van der Waals surface area contributed by atoms with Gasteiger partial charge in [0.15, 0.2) is 5.89 Å². The maximum absolute atomic E-state index is 11.6. The second kappa shape index (κ2) is 7.95.